The fourth-order valence-electron chi connectivity index (χ4n) is 8.04. The van der Waals surface area contributed by atoms with E-state index in [1.54, 1.807) is 40.0 Å². The van der Waals surface area contributed by atoms with Gasteiger partial charge in [-0.3, -0.25) is 24.0 Å². The Hall–Kier alpha value is -3.15. The van der Waals surface area contributed by atoms with E-state index in [9.17, 15) is 24.0 Å². The molecule has 7 atom stereocenters. The Morgan fingerprint density at radius 3 is 2.02 bits per heavy atom. The number of benzene rings is 1. The molecule has 1 aliphatic carbocycles. The van der Waals surface area contributed by atoms with Gasteiger partial charge in [-0.1, -0.05) is 57.5 Å². The minimum absolute atomic E-state index is 0.00751. The zero-order valence-electron chi connectivity index (χ0n) is 34.9. The molecule has 0 aromatic heterocycles. The second-order valence-electron chi connectivity index (χ2n) is 17.7. The molecule has 2 aliphatic rings. The van der Waals surface area contributed by atoms with Gasteiger partial charge in [0.2, 0.25) is 11.8 Å². The van der Waals surface area contributed by atoms with Crippen molar-refractivity contribution in [1.82, 2.24) is 9.80 Å². The Kier molecular flexibility index (Phi) is 16.4. The summed E-state index contributed by atoms with van der Waals surface area (Å²) in [7, 11) is 4.92. The smallest absolute Gasteiger partial charge is 0.310 e. The number of amides is 2. The lowest BCUT2D eigenvalue weighted by atomic mass is 9.75. The zero-order valence-corrected chi connectivity index (χ0v) is 34.9. The van der Waals surface area contributed by atoms with Crippen LogP contribution in [0.15, 0.2) is 30.3 Å². The van der Waals surface area contributed by atoms with Crippen LogP contribution >= 0.6 is 0 Å². The van der Waals surface area contributed by atoms with Gasteiger partial charge < -0.3 is 29.7 Å². The number of nitrogens with zero attached hydrogens (tertiary/aromatic N) is 2. The monoisotopic (exact) mass is 756 g/mol. The third kappa shape index (κ3) is 12.2. The predicted molar refractivity (Wildman–Crippen MR) is 209 cm³/mol. The summed E-state index contributed by atoms with van der Waals surface area (Å²) in [5, 5.41) is 0. The van der Waals surface area contributed by atoms with Crippen molar-refractivity contribution in [3.8, 4) is 0 Å². The van der Waals surface area contributed by atoms with Gasteiger partial charge in [-0.05, 0) is 84.1 Å². The van der Waals surface area contributed by atoms with Crippen molar-refractivity contribution >= 4 is 29.4 Å². The van der Waals surface area contributed by atoms with Crippen LogP contribution < -0.4 is 5.73 Å². The summed E-state index contributed by atoms with van der Waals surface area (Å²) >= 11 is 0. The minimum atomic E-state index is -1.04. The molecular formula is C43H69N3O8. The number of carbonyl (C=O) groups is 5. The Balaban J connectivity index is 1.79. The minimum Gasteiger partial charge on any atom is -0.460 e. The Morgan fingerprint density at radius 1 is 0.889 bits per heavy atom. The van der Waals surface area contributed by atoms with Gasteiger partial charge in [0.1, 0.15) is 11.4 Å². The first-order valence-electron chi connectivity index (χ1n) is 19.9. The first kappa shape index (κ1) is 45.2. The first-order chi connectivity index (χ1) is 25.2. The molecule has 3 rings (SSSR count). The third-order valence-corrected chi connectivity index (χ3v) is 11.5. The summed E-state index contributed by atoms with van der Waals surface area (Å²) in [5.41, 5.74) is 5.30. The fourth-order valence-corrected chi connectivity index (χ4v) is 8.04. The molecule has 11 heteroatoms. The molecule has 2 N–H and O–H groups in total. The van der Waals surface area contributed by atoms with Crippen LogP contribution in [0.4, 0.5) is 0 Å². The van der Waals surface area contributed by atoms with Gasteiger partial charge in [0.15, 0.2) is 5.78 Å². The van der Waals surface area contributed by atoms with Gasteiger partial charge in [-0.15, -0.1) is 0 Å². The molecule has 1 heterocycles. The van der Waals surface area contributed by atoms with Crippen molar-refractivity contribution in [1.29, 1.82) is 0 Å². The predicted octanol–water partition coefficient (Wildman–Crippen LogP) is 5.79. The van der Waals surface area contributed by atoms with Gasteiger partial charge in [0.25, 0.3) is 0 Å². The fraction of sp³-hybridized carbons (Fsp3) is 0.744. The van der Waals surface area contributed by atoms with E-state index in [-0.39, 0.29) is 66.6 Å². The van der Waals surface area contributed by atoms with Gasteiger partial charge in [0, 0.05) is 52.5 Å². The number of esters is 1. The van der Waals surface area contributed by atoms with E-state index in [0.29, 0.717) is 19.4 Å². The number of nitrogens with two attached hydrogens (primary N) is 1. The highest BCUT2D eigenvalue weighted by Crippen LogP contribution is 2.37. The van der Waals surface area contributed by atoms with Crippen LogP contribution in [-0.4, -0.2) is 102 Å². The van der Waals surface area contributed by atoms with E-state index >= 15 is 0 Å². The molecule has 0 bridgehead atoms. The van der Waals surface area contributed by atoms with Crippen molar-refractivity contribution in [3.05, 3.63) is 35.9 Å². The molecule has 0 spiro atoms. The number of rotatable bonds is 20. The van der Waals surface area contributed by atoms with Gasteiger partial charge in [0.05, 0.1) is 42.2 Å². The average Bonchev–Trinajstić information content (AvgIpc) is 3.55. The highest BCUT2D eigenvalue weighted by Gasteiger charge is 2.45. The molecule has 1 saturated carbocycles. The molecule has 0 unspecified atom stereocenters. The molecule has 304 valence electrons. The van der Waals surface area contributed by atoms with E-state index < -0.39 is 47.1 Å². The summed E-state index contributed by atoms with van der Waals surface area (Å²) in [4.78, 5) is 72.2. The van der Waals surface area contributed by atoms with Gasteiger partial charge >= 0.3 is 5.97 Å². The second kappa shape index (κ2) is 19.6. The number of carbonyl (C=O) groups excluding carboxylic acids is 5. The van der Waals surface area contributed by atoms with Crippen LogP contribution in [0, 0.1) is 29.6 Å². The standard InChI is InChI=1S/C43H69N3O8/c1-27(2)32(25-36(48)43(7,8)44)40(50)45(9)38(30-19-15-20-30)35(52-10)26-37(49)46-22-16-21-33(46)39(53-11)28(3)34(47)24-31(41(51)54-42(4,5)6)23-29-17-13-12-14-18-29/h12-14,17-18,27-28,30-33,35,38-39H,15-16,19-26,44H2,1-11H3/t28-,31+,32-,33-,35+,38-,39+/m0/s1. The molecule has 1 aromatic rings. The van der Waals surface area contributed by atoms with Crippen LogP contribution in [0.5, 0.6) is 0 Å². The van der Waals surface area contributed by atoms with Crippen molar-refractivity contribution in [2.75, 3.05) is 27.8 Å². The van der Waals surface area contributed by atoms with Crippen molar-refractivity contribution in [3.63, 3.8) is 0 Å². The van der Waals surface area contributed by atoms with E-state index in [4.69, 9.17) is 19.9 Å². The SMILES string of the molecule is CO[C@H]([C@@H](C)C(=O)C[C@@H](Cc1ccccc1)C(=O)OC(C)(C)C)[C@@H]1CCCN1C(=O)C[C@@H](OC)[C@H](C1CCC1)N(C)C(=O)[C@@H](CC(=O)C(C)(C)N)C(C)C. The summed E-state index contributed by atoms with van der Waals surface area (Å²) in [5.74, 6) is -2.69. The average molecular weight is 756 g/mol. The van der Waals surface area contributed by atoms with Gasteiger partial charge in [-0.2, -0.15) is 0 Å². The lowest BCUT2D eigenvalue weighted by Crippen LogP contribution is -2.56. The van der Waals surface area contributed by atoms with E-state index in [1.165, 1.54) is 0 Å². The van der Waals surface area contributed by atoms with Crippen molar-refractivity contribution in [2.24, 2.45) is 35.3 Å². The molecule has 1 saturated heterocycles. The number of likely N-dealkylation sites (tertiary alicyclic amines) is 1. The number of methoxy groups -OCH3 is 2. The summed E-state index contributed by atoms with van der Waals surface area (Å²) in [6.07, 6.45) is 3.63. The molecule has 1 aromatic carbocycles. The third-order valence-electron chi connectivity index (χ3n) is 11.5. The summed E-state index contributed by atoms with van der Waals surface area (Å²) in [6.45, 7) is 15.0. The zero-order chi connectivity index (χ0) is 40.5. The van der Waals surface area contributed by atoms with Crippen LogP contribution in [0.3, 0.4) is 0 Å². The first-order valence-corrected chi connectivity index (χ1v) is 19.9. The number of hydrogen-bond donors (Lipinski definition) is 1. The number of Topliss-reactive ketones (excluding diaryl/α,β-unsaturated/α-hetero) is 2. The highest BCUT2D eigenvalue weighted by atomic mass is 16.6. The Morgan fingerprint density at radius 2 is 1.52 bits per heavy atom. The van der Waals surface area contributed by atoms with Crippen LogP contribution in [0.25, 0.3) is 0 Å². The maximum atomic E-state index is 14.2. The van der Waals surface area contributed by atoms with E-state index in [0.717, 1.165) is 31.2 Å². The van der Waals surface area contributed by atoms with Crippen molar-refractivity contribution < 1.29 is 38.2 Å². The summed E-state index contributed by atoms with van der Waals surface area (Å²) < 4.78 is 17.8. The Labute approximate surface area is 324 Å². The quantitative estimate of drug-likeness (QED) is 0.164. The van der Waals surface area contributed by atoms with Crippen LogP contribution in [0.1, 0.15) is 112 Å². The lowest BCUT2D eigenvalue weighted by Gasteiger charge is -2.45. The molecule has 2 fully saturated rings. The number of hydrogen-bond acceptors (Lipinski definition) is 9. The maximum absolute atomic E-state index is 14.2. The molecule has 2 amide bonds. The molecule has 11 nitrogen and oxygen atoms in total. The van der Waals surface area contributed by atoms with Gasteiger partial charge in [-0.25, -0.2) is 0 Å². The van der Waals surface area contributed by atoms with Crippen LogP contribution in [-0.2, 0) is 44.6 Å². The lowest BCUT2D eigenvalue weighted by molar-refractivity contribution is -0.161. The summed E-state index contributed by atoms with van der Waals surface area (Å²) in [6, 6.07) is 8.91. The second-order valence-corrected chi connectivity index (χ2v) is 17.7. The van der Waals surface area contributed by atoms with E-state index in [1.807, 2.05) is 76.8 Å². The van der Waals surface area contributed by atoms with Crippen molar-refractivity contribution in [2.45, 2.75) is 149 Å². The molecule has 1 aliphatic heterocycles. The molecule has 0 radical (unpaired) electrons. The molecular weight excluding hydrogens is 686 g/mol. The highest BCUT2D eigenvalue weighted by molar-refractivity contribution is 5.92. The van der Waals surface area contributed by atoms with E-state index in [2.05, 4.69) is 0 Å². The maximum Gasteiger partial charge on any atom is 0.310 e. The largest absolute Gasteiger partial charge is 0.460 e. The van der Waals surface area contributed by atoms with Crippen LogP contribution in [0.2, 0.25) is 0 Å². The normalized spacial score (nSPS) is 20.0. The molecule has 54 heavy (non-hydrogen) atoms. The Bertz CT molecular complexity index is 1410. The number of likely N-dealkylation sites (N-methyl/N-ethyl adjacent to an activating group) is 1. The number of ether oxygens (including phenoxy) is 3. The number of ketones is 2. The topological polar surface area (TPSA) is 146 Å².